The first kappa shape index (κ1) is 23.6. The number of aryl methyl sites for hydroxylation is 1. The average molecular weight is 458 g/mol. The lowest BCUT2D eigenvalue weighted by Gasteiger charge is -2.40. The Morgan fingerprint density at radius 3 is 2.65 bits per heavy atom. The molecular weight excluding hydrogens is 426 g/mol. The minimum Gasteiger partial charge on any atom is -0.333 e. The standard InChI is InChI=1S/C28H31N3O3/c1-4-8-23-11-7-10-21(3)31(23)26(33)18-28(24-12-6-5-9-20(24)2)17-25(32)30(27(28)34)19-22-13-15-29-16-14-22/h4-7,9-10,12-16,21,23H,1,8,11,17-19H2,2-3H3/t21-,23-,28?/m1/s1. The fourth-order valence-electron chi connectivity index (χ4n) is 5.34. The van der Waals surface area contributed by atoms with Crippen LogP contribution >= 0.6 is 0 Å². The molecule has 2 aliphatic rings. The van der Waals surface area contributed by atoms with E-state index in [0.717, 1.165) is 23.1 Å². The van der Waals surface area contributed by atoms with Crippen LogP contribution in [0.15, 0.2) is 73.6 Å². The second kappa shape index (κ2) is 9.75. The van der Waals surface area contributed by atoms with Crippen molar-refractivity contribution in [3.8, 4) is 0 Å². The number of amides is 3. The maximum Gasteiger partial charge on any atom is 0.241 e. The Morgan fingerprint density at radius 2 is 1.94 bits per heavy atom. The number of carbonyl (C=O) groups excluding carboxylic acids is 3. The third-order valence-corrected chi connectivity index (χ3v) is 6.99. The summed E-state index contributed by atoms with van der Waals surface area (Å²) in [4.78, 5) is 48.2. The third-order valence-electron chi connectivity index (χ3n) is 6.99. The Bertz CT molecular complexity index is 1130. The maximum atomic E-state index is 14.0. The van der Waals surface area contributed by atoms with Gasteiger partial charge in [0, 0.05) is 37.3 Å². The van der Waals surface area contributed by atoms with E-state index in [1.165, 1.54) is 4.90 Å². The summed E-state index contributed by atoms with van der Waals surface area (Å²) in [5.41, 5.74) is 1.26. The monoisotopic (exact) mass is 457 g/mol. The number of benzene rings is 1. The van der Waals surface area contributed by atoms with Crippen LogP contribution in [-0.4, -0.2) is 44.6 Å². The summed E-state index contributed by atoms with van der Waals surface area (Å²) in [6.07, 6.45) is 10.6. The predicted octanol–water partition coefficient (Wildman–Crippen LogP) is 4.10. The van der Waals surface area contributed by atoms with Crippen LogP contribution in [0.1, 0.15) is 49.3 Å². The smallest absolute Gasteiger partial charge is 0.241 e. The van der Waals surface area contributed by atoms with E-state index >= 15 is 0 Å². The number of aromatic nitrogens is 1. The van der Waals surface area contributed by atoms with E-state index in [0.29, 0.717) is 6.42 Å². The summed E-state index contributed by atoms with van der Waals surface area (Å²) in [6, 6.07) is 11.1. The van der Waals surface area contributed by atoms with Crippen LogP contribution in [0.2, 0.25) is 0 Å². The Kier molecular flexibility index (Phi) is 6.77. The Labute approximate surface area is 201 Å². The van der Waals surface area contributed by atoms with E-state index in [-0.39, 0.29) is 49.2 Å². The van der Waals surface area contributed by atoms with E-state index in [2.05, 4.69) is 17.6 Å². The summed E-state index contributed by atoms with van der Waals surface area (Å²) in [7, 11) is 0. The molecule has 176 valence electrons. The van der Waals surface area contributed by atoms with Crippen molar-refractivity contribution in [2.45, 2.75) is 63.6 Å². The van der Waals surface area contributed by atoms with Gasteiger partial charge in [-0.3, -0.25) is 24.3 Å². The summed E-state index contributed by atoms with van der Waals surface area (Å²) >= 11 is 0. The molecule has 3 amide bonds. The molecule has 0 aliphatic carbocycles. The summed E-state index contributed by atoms with van der Waals surface area (Å²) in [6.45, 7) is 7.94. The molecule has 1 unspecified atom stereocenters. The van der Waals surface area contributed by atoms with Gasteiger partial charge in [0.05, 0.1) is 12.0 Å². The molecule has 6 nitrogen and oxygen atoms in total. The molecule has 4 rings (SSSR count). The SMILES string of the molecule is C=CC[C@@H]1CC=C[C@@H](C)N1C(=O)CC1(c2ccccc2C)CC(=O)N(Cc2ccncc2)C1=O. The van der Waals surface area contributed by atoms with Crippen LogP contribution < -0.4 is 0 Å². The fourth-order valence-corrected chi connectivity index (χ4v) is 5.34. The first-order valence-corrected chi connectivity index (χ1v) is 11.8. The van der Waals surface area contributed by atoms with Crippen LogP contribution in [0.3, 0.4) is 0 Å². The van der Waals surface area contributed by atoms with Gasteiger partial charge in [-0.15, -0.1) is 6.58 Å². The van der Waals surface area contributed by atoms with Crippen molar-refractivity contribution in [2.75, 3.05) is 0 Å². The molecule has 0 bridgehead atoms. The lowest BCUT2D eigenvalue weighted by atomic mass is 9.73. The molecular formula is C28H31N3O3. The highest BCUT2D eigenvalue weighted by Crippen LogP contribution is 2.43. The molecule has 6 heteroatoms. The molecule has 0 saturated carbocycles. The Hall–Kier alpha value is -3.54. The van der Waals surface area contributed by atoms with Gasteiger partial charge >= 0.3 is 0 Å². The van der Waals surface area contributed by atoms with Crippen molar-refractivity contribution < 1.29 is 14.4 Å². The van der Waals surface area contributed by atoms with E-state index in [1.54, 1.807) is 24.5 Å². The number of pyridine rings is 1. The van der Waals surface area contributed by atoms with E-state index in [4.69, 9.17) is 0 Å². The fraction of sp³-hybridized carbons (Fsp3) is 0.357. The highest BCUT2D eigenvalue weighted by Gasteiger charge is 2.55. The van der Waals surface area contributed by atoms with Crippen molar-refractivity contribution in [3.05, 3.63) is 90.3 Å². The minimum absolute atomic E-state index is 0.000881. The molecule has 0 N–H and O–H groups in total. The topological polar surface area (TPSA) is 70.6 Å². The van der Waals surface area contributed by atoms with Crippen LogP contribution in [0.25, 0.3) is 0 Å². The average Bonchev–Trinajstić information content (AvgIpc) is 3.05. The molecule has 34 heavy (non-hydrogen) atoms. The van der Waals surface area contributed by atoms with Crippen LogP contribution in [0.5, 0.6) is 0 Å². The molecule has 0 radical (unpaired) electrons. The van der Waals surface area contributed by atoms with Crippen molar-refractivity contribution in [1.82, 2.24) is 14.8 Å². The van der Waals surface area contributed by atoms with Gasteiger partial charge in [-0.25, -0.2) is 0 Å². The normalized spacial score (nSPS) is 24.5. The molecule has 1 saturated heterocycles. The number of nitrogens with zero attached hydrogens (tertiary/aromatic N) is 3. The number of rotatable bonds is 7. The zero-order valence-corrected chi connectivity index (χ0v) is 19.8. The molecule has 3 heterocycles. The number of hydrogen-bond donors (Lipinski definition) is 0. The minimum atomic E-state index is -1.22. The maximum absolute atomic E-state index is 14.0. The lowest BCUT2D eigenvalue weighted by molar-refractivity contribution is -0.144. The Morgan fingerprint density at radius 1 is 1.21 bits per heavy atom. The van der Waals surface area contributed by atoms with Crippen LogP contribution in [-0.2, 0) is 26.3 Å². The molecule has 2 aromatic rings. The van der Waals surface area contributed by atoms with Gasteiger partial charge in [0.15, 0.2) is 0 Å². The second-order valence-electron chi connectivity index (χ2n) is 9.27. The van der Waals surface area contributed by atoms with Crippen molar-refractivity contribution >= 4 is 17.7 Å². The van der Waals surface area contributed by atoms with Gasteiger partial charge in [0.2, 0.25) is 17.7 Å². The molecule has 1 fully saturated rings. The first-order valence-electron chi connectivity index (χ1n) is 11.8. The quantitative estimate of drug-likeness (QED) is 0.464. The van der Waals surface area contributed by atoms with Gasteiger partial charge in [-0.05, 0) is 55.5 Å². The van der Waals surface area contributed by atoms with Gasteiger partial charge in [-0.2, -0.15) is 0 Å². The van der Waals surface area contributed by atoms with Gasteiger partial charge < -0.3 is 4.90 Å². The van der Waals surface area contributed by atoms with Gasteiger partial charge in [0.25, 0.3) is 0 Å². The van der Waals surface area contributed by atoms with Crippen molar-refractivity contribution in [2.24, 2.45) is 0 Å². The highest BCUT2D eigenvalue weighted by atomic mass is 16.2. The lowest BCUT2D eigenvalue weighted by Crippen LogP contribution is -2.50. The zero-order chi connectivity index (χ0) is 24.3. The largest absolute Gasteiger partial charge is 0.333 e. The summed E-state index contributed by atoms with van der Waals surface area (Å²) in [5, 5.41) is 0. The highest BCUT2D eigenvalue weighted by molar-refractivity contribution is 6.11. The summed E-state index contributed by atoms with van der Waals surface area (Å²) < 4.78 is 0. The summed E-state index contributed by atoms with van der Waals surface area (Å²) in [5.74, 6) is -0.677. The van der Waals surface area contributed by atoms with Crippen LogP contribution in [0, 0.1) is 6.92 Å². The molecule has 1 aromatic carbocycles. The Balaban J connectivity index is 1.72. The predicted molar refractivity (Wildman–Crippen MR) is 131 cm³/mol. The molecule has 2 aliphatic heterocycles. The number of carbonyl (C=O) groups is 3. The second-order valence-corrected chi connectivity index (χ2v) is 9.27. The van der Waals surface area contributed by atoms with Gasteiger partial charge in [-0.1, -0.05) is 42.5 Å². The number of hydrogen-bond acceptors (Lipinski definition) is 4. The molecule has 0 spiro atoms. The zero-order valence-electron chi connectivity index (χ0n) is 19.8. The molecule has 1 aromatic heterocycles. The van der Waals surface area contributed by atoms with Gasteiger partial charge in [0.1, 0.15) is 0 Å². The van der Waals surface area contributed by atoms with Crippen molar-refractivity contribution in [3.63, 3.8) is 0 Å². The first-order chi connectivity index (χ1) is 16.4. The van der Waals surface area contributed by atoms with E-state index < -0.39 is 5.41 Å². The number of likely N-dealkylation sites (tertiary alicyclic amines) is 1. The van der Waals surface area contributed by atoms with Crippen molar-refractivity contribution in [1.29, 1.82) is 0 Å². The number of imide groups is 1. The van der Waals surface area contributed by atoms with Crippen LogP contribution in [0.4, 0.5) is 0 Å². The third kappa shape index (κ3) is 4.32. The molecule has 3 atom stereocenters. The van der Waals surface area contributed by atoms with E-state index in [9.17, 15) is 14.4 Å². The van der Waals surface area contributed by atoms with E-state index in [1.807, 2.05) is 55.2 Å².